The first-order valence-corrected chi connectivity index (χ1v) is 7.04. The van der Waals surface area contributed by atoms with E-state index in [1.54, 1.807) is 0 Å². The quantitative estimate of drug-likeness (QED) is 0.475. The zero-order chi connectivity index (χ0) is 7.78. The Bertz CT molecular complexity index is 173. The normalized spacial score (nSPS) is 35.6. The van der Waals surface area contributed by atoms with Crippen molar-refractivity contribution in [3.63, 3.8) is 0 Å². The van der Waals surface area contributed by atoms with E-state index in [0.29, 0.717) is 0 Å². The van der Waals surface area contributed by atoms with Gasteiger partial charge in [0, 0.05) is 0 Å². The van der Waals surface area contributed by atoms with Crippen molar-refractivity contribution in [3.8, 4) is 0 Å². The van der Waals surface area contributed by atoms with E-state index >= 15 is 0 Å². The van der Waals surface area contributed by atoms with E-state index in [2.05, 4.69) is 31.5 Å². The summed E-state index contributed by atoms with van der Waals surface area (Å²) in [6.07, 6.45) is 0. The molecule has 1 unspecified atom stereocenters. The molecule has 0 aromatic heterocycles. The fourth-order valence-corrected chi connectivity index (χ4v) is 3.61. The van der Waals surface area contributed by atoms with Gasteiger partial charge in [0.2, 0.25) is 0 Å². The van der Waals surface area contributed by atoms with Crippen molar-refractivity contribution >= 4 is 21.1 Å². The molecule has 0 aromatic rings. The molecular weight excluding hydrogens is 214 g/mol. The average Bonchev–Trinajstić information content (AvgIpc) is 2.15. The summed E-state index contributed by atoms with van der Waals surface area (Å²) in [5.74, 6) is 0. The SMILES string of the molecule is CN(C)P1(=[Se])OCCN1C. The Labute approximate surface area is 69.7 Å². The first kappa shape index (κ1) is 8.92. The summed E-state index contributed by atoms with van der Waals surface area (Å²) < 4.78 is 10.0. The fourth-order valence-electron chi connectivity index (χ4n) is 0.938. The molecule has 1 saturated heterocycles. The molecule has 1 aliphatic rings. The van der Waals surface area contributed by atoms with Crippen molar-refractivity contribution in [2.24, 2.45) is 0 Å². The van der Waals surface area contributed by atoms with Crippen molar-refractivity contribution in [1.82, 2.24) is 9.34 Å². The Morgan fingerprint density at radius 3 is 2.40 bits per heavy atom. The van der Waals surface area contributed by atoms with Crippen LogP contribution in [0.2, 0.25) is 0 Å². The maximum atomic E-state index is 5.62. The predicted octanol–water partition coefficient (Wildman–Crippen LogP) is 0.356. The van der Waals surface area contributed by atoms with Crippen LogP contribution in [-0.2, 0) is 4.52 Å². The zero-order valence-corrected chi connectivity index (χ0v) is 9.18. The van der Waals surface area contributed by atoms with Gasteiger partial charge in [0.15, 0.2) is 0 Å². The fraction of sp³-hybridized carbons (Fsp3) is 1.00. The Morgan fingerprint density at radius 2 is 2.20 bits per heavy atom. The van der Waals surface area contributed by atoms with Gasteiger partial charge < -0.3 is 0 Å². The molecule has 0 aliphatic carbocycles. The number of rotatable bonds is 1. The van der Waals surface area contributed by atoms with Crippen LogP contribution in [0.15, 0.2) is 0 Å². The van der Waals surface area contributed by atoms with Crippen LogP contribution < -0.4 is 0 Å². The minimum absolute atomic E-state index is 0.857. The number of likely N-dealkylation sites (N-methyl/N-ethyl adjacent to an activating group) is 1. The van der Waals surface area contributed by atoms with E-state index in [9.17, 15) is 0 Å². The van der Waals surface area contributed by atoms with Gasteiger partial charge in [-0.05, 0) is 0 Å². The van der Waals surface area contributed by atoms with E-state index < -0.39 is 6.04 Å². The Hall–Kier alpha value is 0.829. The average molecular weight is 227 g/mol. The summed E-state index contributed by atoms with van der Waals surface area (Å²) in [6, 6.07) is -1.44. The van der Waals surface area contributed by atoms with Gasteiger partial charge in [-0.3, -0.25) is 0 Å². The van der Waals surface area contributed by atoms with Gasteiger partial charge in [-0.15, -0.1) is 0 Å². The van der Waals surface area contributed by atoms with Gasteiger partial charge in [-0.2, -0.15) is 0 Å². The van der Waals surface area contributed by atoms with Gasteiger partial charge in [-0.25, -0.2) is 0 Å². The van der Waals surface area contributed by atoms with Crippen LogP contribution >= 0.6 is 6.04 Å². The Kier molecular flexibility index (Phi) is 2.73. The first-order valence-electron chi connectivity index (χ1n) is 3.21. The second-order valence-electron chi connectivity index (χ2n) is 2.55. The van der Waals surface area contributed by atoms with Crippen LogP contribution in [-0.4, -0.2) is 58.7 Å². The second-order valence-corrected chi connectivity index (χ2v) is 8.27. The summed E-state index contributed by atoms with van der Waals surface area (Å²) in [5, 5.41) is 0. The predicted molar refractivity (Wildman–Crippen MR) is 44.9 cm³/mol. The monoisotopic (exact) mass is 228 g/mol. The van der Waals surface area contributed by atoms with E-state index in [1.165, 1.54) is 0 Å². The molecule has 0 amide bonds. The third-order valence-corrected chi connectivity index (χ3v) is 8.68. The summed E-state index contributed by atoms with van der Waals surface area (Å²) in [5.41, 5.74) is 0. The molecule has 0 saturated carbocycles. The van der Waals surface area contributed by atoms with Gasteiger partial charge in [0.25, 0.3) is 0 Å². The molecular formula is C5H13N2OPSe. The van der Waals surface area contributed by atoms with Crippen molar-refractivity contribution in [3.05, 3.63) is 0 Å². The molecule has 0 spiro atoms. The Morgan fingerprint density at radius 1 is 1.60 bits per heavy atom. The Balaban J connectivity index is 2.76. The van der Waals surface area contributed by atoms with E-state index in [-0.39, 0.29) is 0 Å². The van der Waals surface area contributed by atoms with Crippen LogP contribution in [0.1, 0.15) is 0 Å². The molecule has 0 N–H and O–H groups in total. The maximum absolute atomic E-state index is 5.62. The third-order valence-electron chi connectivity index (χ3n) is 1.61. The van der Waals surface area contributed by atoms with Crippen molar-refractivity contribution in [2.45, 2.75) is 0 Å². The van der Waals surface area contributed by atoms with Gasteiger partial charge in [0.1, 0.15) is 0 Å². The molecule has 5 heteroatoms. The molecule has 0 aromatic carbocycles. The summed E-state index contributed by atoms with van der Waals surface area (Å²) in [4.78, 5) is 0. The van der Waals surface area contributed by atoms with Crippen LogP contribution in [0.5, 0.6) is 0 Å². The standard InChI is InChI=1S/C5H13N2OPSe/c1-6(2)9(10)7(3)4-5-8-9/h4-5H2,1-3H3. The number of nitrogens with zero attached hydrogens (tertiary/aromatic N) is 2. The van der Waals surface area contributed by atoms with Crippen LogP contribution in [0.25, 0.3) is 0 Å². The first-order chi connectivity index (χ1) is 4.57. The zero-order valence-electron chi connectivity index (χ0n) is 6.57. The molecule has 3 nitrogen and oxygen atoms in total. The van der Waals surface area contributed by atoms with Gasteiger partial charge >= 0.3 is 69.3 Å². The van der Waals surface area contributed by atoms with Crippen LogP contribution in [0.3, 0.4) is 0 Å². The number of hydrogen-bond acceptors (Lipinski definition) is 3. The van der Waals surface area contributed by atoms with E-state index in [0.717, 1.165) is 13.2 Å². The van der Waals surface area contributed by atoms with Crippen molar-refractivity contribution < 1.29 is 4.52 Å². The van der Waals surface area contributed by atoms with Crippen LogP contribution in [0, 0.1) is 0 Å². The van der Waals surface area contributed by atoms with Crippen LogP contribution in [0.4, 0.5) is 0 Å². The molecule has 1 aliphatic heterocycles. The molecule has 0 radical (unpaired) electrons. The van der Waals surface area contributed by atoms with Crippen molar-refractivity contribution in [1.29, 1.82) is 0 Å². The molecule has 60 valence electrons. The second kappa shape index (κ2) is 3.06. The summed E-state index contributed by atoms with van der Waals surface area (Å²) in [6.45, 7) is 1.90. The third kappa shape index (κ3) is 1.38. The molecule has 1 fully saturated rings. The minimum atomic E-state index is -1.44. The molecule has 1 heterocycles. The molecule has 0 bridgehead atoms. The summed E-state index contributed by atoms with van der Waals surface area (Å²) >= 11 is 3.14. The summed E-state index contributed by atoms with van der Waals surface area (Å²) in [7, 11) is 6.19. The van der Waals surface area contributed by atoms with Crippen molar-refractivity contribution in [2.75, 3.05) is 34.3 Å². The van der Waals surface area contributed by atoms with E-state index in [4.69, 9.17) is 4.52 Å². The van der Waals surface area contributed by atoms with Gasteiger partial charge in [-0.1, -0.05) is 0 Å². The van der Waals surface area contributed by atoms with E-state index in [1.807, 2.05) is 14.1 Å². The molecule has 1 rings (SSSR count). The number of hydrogen-bond donors (Lipinski definition) is 0. The van der Waals surface area contributed by atoms with Gasteiger partial charge in [0.05, 0.1) is 0 Å². The molecule has 1 atom stereocenters. The molecule has 10 heavy (non-hydrogen) atoms. The topological polar surface area (TPSA) is 15.7 Å².